The van der Waals surface area contributed by atoms with Crippen molar-refractivity contribution in [2.75, 3.05) is 38.5 Å². The van der Waals surface area contributed by atoms with Crippen LogP contribution in [0.2, 0.25) is 0 Å². The monoisotopic (exact) mass is 465 g/mol. The summed E-state index contributed by atoms with van der Waals surface area (Å²) < 4.78 is 36.2. The van der Waals surface area contributed by atoms with Gasteiger partial charge < -0.3 is 24.2 Å². The highest BCUT2D eigenvalue weighted by Gasteiger charge is 2.34. The molecule has 1 aliphatic heterocycles. The molecule has 176 valence electrons. The Labute approximate surface area is 188 Å². The zero-order chi connectivity index (χ0) is 23.6. The fraction of sp³-hybridized carbons (Fsp3) is 0.524. The third kappa shape index (κ3) is 5.05. The van der Waals surface area contributed by atoms with Crippen LogP contribution < -0.4 is 9.46 Å². The SMILES string of the molecule is C[C@@H]1CN([C@H](C)CO)C(=O)c2cccc(NS(=O)(=O)c3cn(C)cn3)c2O[C@H]1CN(C)C. The van der Waals surface area contributed by atoms with E-state index in [1.54, 1.807) is 37.1 Å². The summed E-state index contributed by atoms with van der Waals surface area (Å²) in [4.78, 5) is 20.9. The number of aryl methyl sites for hydroxylation is 1. The van der Waals surface area contributed by atoms with Crippen molar-refractivity contribution in [2.45, 2.75) is 31.0 Å². The maximum Gasteiger partial charge on any atom is 0.281 e. The number of para-hydroxylation sites is 1. The van der Waals surface area contributed by atoms with E-state index in [1.807, 2.05) is 25.9 Å². The lowest BCUT2D eigenvalue weighted by molar-refractivity contribution is 0.0366. The molecule has 0 spiro atoms. The molecule has 0 bridgehead atoms. The summed E-state index contributed by atoms with van der Waals surface area (Å²) in [6.45, 7) is 4.55. The number of likely N-dealkylation sites (N-methyl/N-ethyl adjacent to an activating group) is 1. The van der Waals surface area contributed by atoms with Crippen molar-refractivity contribution in [1.82, 2.24) is 19.4 Å². The Kier molecular flexibility index (Phi) is 7.11. The number of nitrogens with one attached hydrogen (secondary N) is 1. The number of aliphatic hydroxyl groups is 1. The molecule has 2 N–H and O–H groups in total. The molecular formula is C21H31N5O5S. The van der Waals surface area contributed by atoms with Gasteiger partial charge in [-0.15, -0.1) is 0 Å². The van der Waals surface area contributed by atoms with Crippen molar-refractivity contribution in [1.29, 1.82) is 0 Å². The van der Waals surface area contributed by atoms with Crippen LogP contribution in [0.3, 0.4) is 0 Å². The molecule has 0 radical (unpaired) electrons. The lowest BCUT2D eigenvalue weighted by Gasteiger charge is -2.38. The van der Waals surface area contributed by atoms with Gasteiger partial charge in [0.15, 0.2) is 10.8 Å². The van der Waals surface area contributed by atoms with Gasteiger partial charge in [-0.1, -0.05) is 13.0 Å². The highest BCUT2D eigenvalue weighted by atomic mass is 32.2. The zero-order valence-corrected chi connectivity index (χ0v) is 19.8. The predicted octanol–water partition coefficient (Wildman–Crippen LogP) is 1.00. The van der Waals surface area contributed by atoms with Crippen LogP contribution >= 0.6 is 0 Å². The van der Waals surface area contributed by atoms with Gasteiger partial charge in [-0.2, -0.15) is 8.42 Å². The third-order valence-electron chi connectivity index (χ3n) is 5.44. The number of carbonyl (C=O) groups is 1. The largest absolute Gasteiger partial charge is 0.486 e. The number of aromatic nitrogens is 2. The van der Waals surface area contributed by atoms with Crippen LogP contribution in [0.5, 0.6) is 5.75 Å². The van der Waals surface area contributed by atoms with Crippen molar-refractivity contribution < 1.29 is 23.1 Å². The molecule has 1 amide bonds. The van der Waals surface area contributed by atoms with Crippen LogP contribution in [0.25, 0.3) is 0 Å². The summed E-state index contributed by atoms with van der Waals surface area (Å²) in [6, 6.07) is 4.37. The first-order chi connectivity index (χ1) is 15.0. The third-order valence-corrected chi connectivity index (χ3v) is 6.69. The van der Waals surface area contributed by atoms with Crippen LogP contribution in [-0.4, -0.2) is 84.7 Å². The van der Waals surface area contributed by atoms with Crippen molar-refractivity contribution in [3.8, 4) is 5.75 Å². The van der Waals surface area contributed by atoms with Crippen molar-refractivity contribution >= 4 is 21.6 Å². The summed E-state index contributed by atoms with van der Waals surface area (Å²) in [5.74, 6) is -0.218. The summed E-state index contributed by atoms with van der Waals surface area (Å²) in [6.07, 6.45) is 2.47. The molecule has 0 saturated carbocycles. The molecular weight excluding hydrogens is 434 g/mol. The molecule has 0 saturated heterocycles. The van der Waals surface area contributed by atoms with Gasteiger partial charge in [0.2, 0.25) is 0 Å². The number of amides is 1. The maximum atomic E-state index is 13.4. The van der Waals surface area contributed by atoms with E-state index in [0.717, 1.165) is 0 Å². The summed E-state index contributed by atoms with van der Waals surface area (Å²) in [7, 11) is 1.53. The lowest BCUT2D eigenvalue weighted by Crippen LogP contribution is -2.49. The van der Waals surface area contributed by atoms with Crippen LogP contribution in [0.4, 0.5) is 5.69 Å². The molecule has 0 unspecified atom stereocenters. The number of hydrogen-bond donors (Lipinski definition) is 2. The number of ether oxygens (including phenoxy) is 1. The van der Waals surface area contributed by atoms with E-state index in [-0.39, 0.29) is 46.6 Å². The number of imidazole rings is 1. The van der Waals surface area contributed by atoms with Crippen LogP contribution in [0.15, 0.2) is 35.7 Å². The number of rotatable bonds is 7. The first-order valence-electron chi connectivity index (χ1n) is 10.4. The van der Waals surface area contributed by atoms with E-state index >= 15 is 0 Å². The average molecular weight is 466 g/mol. The minimum atomic E-state index is -3.99. The quantitative estimate of drug-likeness (QED) is 0.627. The smallest absolute Gasteiger partial charge is 0.281 e. The molecule has 0 fully saturated rings. The Hall–Kier alpha value is -2.63. The van der Waals surface area contributed by atoms with E-state index in [0.29, 0.717) is 13.1 Å². The topological polar surface area (TPSA) is 117 Å². The molecule has 3 rings (SSSR count). The number of anilines is 1. The lowest BCUT2D eigenvalue weighted by atomic mass is 9.99. The van der Waals surface area contributed by atoms with E-state index in [9.17, 15) is 18.3 Å². The highest BCUT2D eigenvalue weighted by molar-refractivity contribution is 7.92. The van der Waals surface area contributed by atoms with E-state index in [4.69, 9.17) is 4.74 Å². The second-order valence-electron chi connectivity index (χ2n) is 8.55. The van der Waals surface area contributed by atoms with Gasteiger partial charge in [0, 0.05) is 32.3 Å². The normalized spacial score (nSPS) is 20.3. The first kappa shape index (κ1) is 24.0. The average Bonchev–Trinajstić information content (AvgIpc) is 3.17. The molecule has 32 heavy (non-hydrogen) atoms. The molecule has 1 aromatic heterocycles. The maximum absolute atomic E-state index is 13.4. The minimum absolute atomic E-state index is 0.0658. The Morgan fingerprint density at radius 1 is 1.38 bits per heavy atom. The summed E-state index contributed by atoms with van der Waals surface area (Å²) >= 11 is 0. The number of fused-ring (bicyclic) bond motifs is 1. The molecule has 0 aliphatic carbocycles. The summed E-state index contributed by atoms with van der Waals surface area (Å²) in [5, 5.41) is 9.58. The molecule has 10 nitrogen and oxygen atoms in total. The van der Waals surface area contributed by atoms with Crippen molar-refractivity contribution in [2.24, 2.45) is 13.0 Å². The minimum Gasteiger partial charge on any atom is -0.486 e. The summed E-state index contributed by atoms with van der Waals surface area (Å²) in [5.41, 5.74) is 0.401. The standard InChI is InChI=1S/C21H31N5O5S/c1-14-9-26(15(2)12-27)21(28)16-7-6-8-17(20(16)31-18(14)10-24(3)4)23-32(29,30)19-11-25(5)13-22-19/h6-8,11,13-15,18,23,27H,9-10,12H2,1-5H3/t14-,15-,18+/m1/s1. The van der Waals surface area contributed by atoms with E-state index < -0.39 is 16.1 Å². The molecule has 1 aromatic carbocycles. The number of nitrogens with zero attached hydrogens (tertiary/aromatic N) is 4. The van der Waals surface area contributed by atoms with Crippen LogP contribution in [-0.2, 0) is 17.1 Å². The van der Waals surface area contributed by atoms with Gasteiger partial charge in [0.05, 0.1) is 30.2 Å². The van der Waals surface area contributed by atoms with Gasteiger partial charge in [0.25, 0.3) is 15.9 Å². The van der Waals surface area contributed by atoms with E-state index in [1.165, 1.54) is 17.1 Å². The Morgan fingerprint density at radius 2 is 2.09 bits per heavy atom. The van der Waals surface area contributed by atoms with Gasteiger partial charge in [-0.3, -0.25) is 9.52 Å². The van der Waals surface area contributed by atoms with Gasteiger partial charge in [0.1, 0.15) is 6.10 Å². The number of aliphatic hydroxyl groups excluding tert-OH is 1. The van der Waals surface area contributed by atoms with Gasteiger partial charge in [-0.05, 0) is 33.2 Å². The molecule has 3 atom stereocenters. The Bertz CT molecular complexity index is 1070. The van der Waals surface area contributed by atoms with Crippen LogP contribution in [0, 0.1) is 5.92 Å². The second-order valence-corrected chi connectivity index (χ2v) is 10.2. The number of hydrogen-bond acceptors (Lipinski definition) is 7. The molecule has 1 aliphatic rings. The number of benzene rings is 1. The van der Waals surface area contributed by atoms with E-state index in [2.05, 4.69) is 9.71 Å². The van der Waals surface area contributed by atoms with Crippen molar-refractivity contribution in [3.63, 3.8) is 0 Å². The predicted molar refractivity (Wildman–Crippen MR) is 120 cm³/mol. The van der Waals surface area contributed by atoms with Gasteiger partial charge >= 0.3 is 0 Å². The first-order valence-corrected chi connectivity index (χ1v) is 11.9. The zero-order valence-electron chi connectivity index (χ0n) is 19.0. The molecule has 2 aromatic rings. The highest BCUT2D eigenvalue weighted by Crippen LogP contribution is 2.35. The fourth-order valence-electron chi connectivity index (χ4n) is 3.63. The Morgan fingerprint density at radius 3 is 2.69 bits per heavy atom. The molecule has 2 heterocycles. The molecule has 11 heteroatoms. The van der Waals surface area contributed by atoms with Crippen LogP contribution in [0.1, 0.15) is 24.2 Å². The number of sulfonamides is 1. The number of carbonyl (C=O) groups excluding carboxylic acids is 1. The second kappa shape index (κ2) is 9.47. The van der Waals surface area contributed by atoms with Gasteiger partial charge in [-0.25, -0.2) is 4.98 Å². The Balaban J connectivity index is 2.09. The van der Waals surface area contributed by atoms with Crippen molar-refractivity contribution in [3.05, 3.63) is 36.3 Å². The fourth-order valence-corrected chi connectivity index (χ4v) is 4.67.